The number of nitrogens with zero attached hydrogens (tertiary/aromatic N) is 1. The maximum atomic E-state index is 13.6. The van der Waals surface area contributed by atoms with E-state index in [1.807, 2.05) is 31.2 Å². The van der Waals surface area contributed by atoms with Crippen LogP contribution in [-0.4, -0.2) is 35.2 Å². The number of carbonyl (C=O) groups is 3. The minimum atomic E-state index is -0.627. The summed E-state index contributed by atoms with van der Waals surface area (Å²) in [7, 11) is 0. The lowest BCUT2D eigenvalue weighted by molar-refractivity contribution is -0.139. The monoisotopic (exact) mass is 555 g/mol. The molecule has 2 aliphatic rings. The smallest absolute Gasteiger partial charge is 0.245 e. The van der Waals surface area contributed by atoms with Crippen molar-refractivity contribution in [3.8, 4) is 11.1 Å². The van der Waals surface area contributed by atoms with Crippen LogP contribution in [0.3, 0.4) is 0 Å². The molecule has 1 saturated heterocycles. The molecule has 0 unspecified atom stereocenters. The number of likely N-dealkylation sites (tertiary alicyclic amines) is 1. The van der Waals surface area contributed by atoms with Gasteiger partial charge in [-0.15, -0.1) is 0 Å². The predicted octanol–water partition coefficient (Wildman–Crippen LogP) is 5.85. The molecule has 1 saturated carbocycles. The number of hydrogen-bond acceptors (Lipinski definition) is 3. The van der Waals surface area contributed by atoms with Gasteiger partial charge in [0.1, 0.15) is 11.9 Å². The first-order chi connectivity index (χ1) is 18.8. The van der Waals surface area contributed by atoms with Crippen LogP contribution < -0.4 is 11.1 Å². The number of benzene rings is 2. The minimum absolute atomic E-state index is 0.0623. The first-order valence-electron chi connectivity index (χ1n) is 14.2. The Morgan fingerprint density at radius 2 is 1.85 bits per heavy atom. The van der Waals surface area contributed by atoms with Crippen LogP contribution >= 0.6 is 11.6 Å². The van der Waals surface area contributed by atoms with Gasteiger partial charge in [0.15, 0.2) is 0 Å². The Balaban J connectivity index is 1.47. The van der Waals surface area contributed by atoms with E-state index < -0.39 is 29.6 Å². The van der Waals surface area contributed by atoms with Crippen molar-refractivity contribution >= 4 is 29.3 Å². The first-order valence-corrected chi connectivity index (χ1v) is 14.6. The molecule has 39 heavy (non-hydrogen) atoms. The van der Waals surface area contributed by atoms with E-state index in [4.69, 9.17) is 17.3 Å². The third kappa shape index (κ3) is 7.38. The summed E-state index contributed by atoms with van der Waals surface area (Å²) in [6, 6.07) is 11.8. The summed E-state index contributed by atoms with van der Waals surface area (Å²) in [6.07, 6.45) is 7.51. The van der Waals surface area contributed by atoms with Crippen LogP contribution in [0.2, 0.25) is 5.02 Å². The molecule has 2 fully saturated rings. The van der Waals surface area contributed by atoms with Crippen molar-refractivity contribution in [2.75, 3.05) is 6.54 Å². The zero-order valence-electron chi connectivity index (χ0n) is 22.6. The second-order valence-corrected chi connectivity index (χ2v) is 11.5. The van der Waals surface area contributed by atoms with E-state index >= 15 is 0 Å². The van der Waals surface area contributed by atoms with Crippen molar-refractivity contribution in [3.05, 3.63) is 58.9 Å². The van der Waals surface area contributed by atoms with Gasteiger partial charge in [-0.1, -0.05) is 68.5 Å². The van der Waals surface area contributed by atoms with Crippen molar-refractivity contribution in [1.82, 2.24) is 10.2 Å². The Kier molecular flexibility index (Phi) is 10.0. The molecule has 0 radical (unpaired) electrons. The number of amides is 3. The summed E-state index contributed by atoms with van der Waals surface area (Å²) < 4.78 is 13.6. The molecule has 0 spiro atoms. The molecule has 2 aromatic carbocycles. The van der Waals surface area contributed by atoms with Crippen molar-refractivity contribution in [2.45, 2.75) is 77.3 Å². The van der Waals surface area contributed by atoms with Crippen molar-refractivity contribution < 1.29 is 18.8 Å². The summed E-state index contributed by atoms with van der Waals surface area (Å²) in [5.41, 5.74) is 8.36. The molecular weight excluding hydrogens is 517 g/mol. The molecule has 1 heterocycles. The summed E-state index contributed by atoms with van der Waals surface area (Å²) in [4.78, 5) is 41.3. The summed E-state index contributed by atoms with van der Waals surface area (Å²) in [5.74, 6) is -1.83. The highest BCUT2D eigenvalue weighted by atomic mass is 35.5. The molecule has 2 aromatic rings. The van der Waals surface area contributed by atoms with E-state index in [2.05, 4.69) is 5.32 Å². The number of primary amides is 1. The van der Waals surface area contributed by atoms with Gasteiger partial charge in [-0.05, 0) is 72.9 Å². The standard InChI is InChI=1S/C31H39ClFN3O3/c1-2-7-24(29(34)37)25(17-20-8-5-9-20)30(38)35-28-12-3-4-15-36(31(28)39)19-21-10-6-11-22(16-21)23-13-14-27(33)26(32)18-23/h6,10-11,13-14,16,18,20,24-25,28H,2-5,7-9,12,15,17,19H2,1H3,(H2,34,37)(H,35,38)/t24-,25+,28-/m0/s1. The Morgan fingerprint density at radius 1 is 1.08 bits per heavy atom. The van der Waals surface area contributed by atoms with Gasteiger partial charge in [0, 0.05) is 24.9 Å². The molecular formula is C31H39ClFN3O3. The maximum absolute atomic E-state index is 13.6. The van der Waals surface area contributed by atoms with E-state index in [9.17, 15) is 18.8 Å². The van der Waals surface area contributed by atoms with E-state index in [1.165, 1.54) is 6.07 Å². The van der Waals surface area contributed by atoms with Gasteiger partial charge in [-0.2, -0.15) is 0 Å². The Labute approximate surface area is 235 Å². The summed E-state index contributed by atoms with van der Waals surface area (Å²) in [5, 5.41) is 3.09. The highest BCUT2D eigenvalue weighted by Gasteiger charge is 2.37. The van der Waals surface area contributed by atoms with Crippen molar-refractivity contribution in [1.29, 1.82) is 0 Å². The normalized spacial score (nSPS) is 19.6. The largest absolute Gasteiger partial charge is 0.369 e. The van der Waals surface area contributed by atoms with Crippen LogP contribution in [-0.2, 0) is 20.9 Å². The second-order valence-electron chi connectivity index (χ2n) is 11.1. The van der Waals surface area contributed by atoms with Crippen LogP contribution in [0.5, 0.6) is 0 Å². The fourth-order valence-corrected chi connectivity index (χ4v) is 6.00. The Hall–Kier alpha value is -2.93. The number of nitrogens with two attached hydrogens (primary N) is 1. The third-order valence-corrected chi connectivity index (χ3v) is 8.54. The molecule has 3 N–H and O–H groups in total. The average Bonchev–Trinajstić information content (AvgIpc) is 3.05. The zero-order chi connectivity index (χ0) is 27.9. The van der Waals surface area contributed by atoms with Crippen LogP contribution in [0.25, 0.3) is 11.1 Å². The van der Waals surface area contributed by atoms with Crippen LogP contribution in [0.1, 0.15) is 70.3 Å². The van der Waals surface area contributed by atoms with E-state index in [1.54, 1.807) is 17.0 Å². The average molecular weight is 556 g/mol. The van der Waals surface area contributed by atoms with Gasteiger partial charge in [0.25, 0.3) is 0 Å². The van der Waals surface area contributed by atoms with Crippen LogP contribution in [0.15, 0.2) is 42.5 Å². The molecule has 3 amide bonds. The summed E-state index contributed by atoms with van der Waals surface area (Å²) >= 11 is 5.98. The molecule has 4 rings (SSSR count). The molecule has 1 aliphatic heterocycles. The Bertz CT molecular complexity index is 1190. The fourth-order valence-electron chi connectivity index (χ4n) is 5.81. The van der Waals surface area contributed by atoms with E-state index in [0.717, 1.165) is 55.2 Å². The minimum Gasteiger partial charge on any atom is -0.369 e. The van der Waals surface area contributed by atoms with Crippen molar-refractivity contribution in [3.63, 3.8) is 0 Å². The van der Waals surface area contributed by atoms with Gasteiger partial charge in [0.05, 0.1) is 5.02 Å². The molecule has 6 nitrogen and oxygen atoms in total. The predicted molar refractivity (Wildman–Crippen MR) is 151 cm³/mol. The lowest BCUT2D eigenvalue weighted by Crippen LogP contribution is -2.51. The van der Waals surface area contributed by atoms with Crippen molar-refractivity contribution in [2.24, 2.45) is 23.5 Å². The highest BCUT2D eigenvalue weighted by molar-refractivity contribution is 6.31. The molecule has 8 heteroatoms. The topological polar surface area (TPSA) is 92.5 Å². The van der Waals surface area contributed by atoms with E-state index in [0.29, 0.717) is 38.3 Å². The lowest BCUT2D eigenvalue weighted by Gasteiger charge is -2.33. The molecule has 0 aromatic heterocycles. The fraction of sp³-hybridized carbons (Fsp3) is 0.516. The molecule has 1 aliphatic carbocycles. The number of hydrogen-bond donors (Lipinski definition) is 2. The lowest BCUT2D eigenvalue weighted by atomic mass is 9.74. The molecule has 0 bridgehead atoms. The SMILES string of the molecule is CCC[C@H](C(N)=O)[C@@H](CC1CCC1)C(=O)N[C@H]1CCCCN(Cc2cccc(-c3ccc(F)c(Cl)c3)c2)C1=O. The maximum Gasteiger partial charge on any atom is 0.245 e. The zero-order valence-corrected chi connectivity index (χ0v) is 23.4. The van der Waals surface area contributed by atoms with Gasteiger partial charge >= 0.3 is 0 Å². The second kappa shape index (κ2) is 13.4. The number of rotatable bonds is 11. The van der Waals surface area contributed by atoms with Gasteiger partial charge < -0.3 is 16.0 Å². The quantitative estimate of drug-likeness (QED) is 0.364. The number of carbonyl (C=O) groups excluding carboxylic acids is 3. The van der Waals surface area contributed by atoms with Crippen LogP contribution in [0, 0.1) is 23.6 Å². The molecule has 210 valence electrons. The number of nitrogens with one attached hydrogen (secondary N) is 1. The highest BCUT2D eigenvalue weighted by Crippen LogP contribution is 2.36. The molecule has 3 atom stereocenters. The van der Waals surface area contributed by atoms with Gasteiger partial charge in [-0.3, -0.25) is 14.4 Å². The van der Waals surface area contributed by atoms with Gasteiger partial charge in [-0.25, -0.2) is 4.39 Å². The first kappa shape index (κ1) is 29.1. The number of halogens is 2. The third-order valence-electron chi connectivity index (χ3n) is 8.25. The van der Waals surface area contributed by atoms with E-state index in [-0.39, 0.29) is 16.8 Å². The van der Waals surface area contributed by atoms with Crippen LogP contribution in [0.4, 0.5) is 4.39 Å². The Morgan fingerprint density at radius 3 is 2.51 bits per heavy atom. The summed E-state index contributed by atoms with van der Waals surface area (Å²) in [6.45, 7) is 2.99. The van der Waals surface area contributed by atoms with Gasteiger partial charge in [0.2, 0.25) is 17.7 Å².